The van der Waals surface area contributed by atoms with Crippen molar-refractivity contribution in [3.63, 3.8) is 0 Å². The lowest BCUT2D eigenvalue weighted by Crippen LogP contribution is -2.43. The Bertz CT molecular complexity index is 704. The number of carbonyl (C=O) groups excluding carboxylic acids is 1. The zero-order valence-electron chi connectivity index (χ0n) is 14.9. The molecular weight excluding hydrogens is 348 g/mol. The summed E-state index contributed by atoms with van der Waals surface area (Å²) >= 11 is 0. The highest BCUT2D eigenvalue weighted by atomic mass is 35.5. The summed E-state index contributed by atoms with van der Waals surface area (Å²) in [6.45, 7) is 0.660. The SMILES string of the molecule is Cl.O=C(NCCc1cnn(-c2ccccc2)c1)C1CC2CCCCC2N1. The van der Waals surface area contributed by atoms with E-state index in [1.165, 1.54) is 25.7 Å². The predicted molar refractivity (Wildman–Crippen MR) is 105 cm³/mol. The molecule has 1 saturated heterocycles. The lowest BCUT2D eigenvalue weighted by molar-refractivity contribution is -0.122. The van der Waals surface area contributed by atoms with Crippen LogP contribution in [0.5, 0.6) is 0 Å². The summed E-state index contributed by atoms with van der Waals surface area (Å²) in [5, 5.41) is 11.0. The van der Waals surface area contributed by atoms with Crippen molar-refractivity contribution in [2.45, 2.75) is 50.6 Å². The van der Waals surface area contributed by atoms with Gasteiger partial charge in [-0.1, -0.05) is 31.0 Å². The summed E-state index contributed by atoms with van der Waals surface area (Å²) in [4.78, 5) is 12.4. The largest absolute Gasteiger partial charge is 0.354 e. The second-order valence-electron chi connectivity index (χ2n) is 7.28. The van der Waals surface area contributed by atoms with Crippen molar-refractivity contribution in [2.75, 3.05) is 6.54 Å². The molecule has 1 aromatic heterocycles. The number of benzene rings is 1. The Balaban J connectivity index is 0.00000196. The summed E-state index contributed by atoms with van der Waals surface area (Å²) in [7, 11) is 0. The third-order valence-corrected chi connectivity index (χ3v) is 5.55. The molecule has 1 amide bonds. The minimum Gasteiger partial charge on any atom is -0.354 e. The summed E-state index contributed by atoms with van der Waals surface area (Å²) in [6, 6.07) is 10.6. The van der Waals surface area contributed by atoms with Gasteiger partial charge in [0.25, 0.3) is 0 Å². The standard InChI is InChI=1S/C20H26N4O.ClH/c25-20(19-12-16-6-4-5-9-18(16)23-19)21-11-10-15-13-22-24(14-15)17-7-2-1-3-8-17;/h1-3,7-8,13-14,16,18-19,23H,4-6,9-12H2,(H,21,25);1H. The first-order valence-electron chi connectivity index (χ1n) is 9.42. The first-order valence-corrected chi connectivity index (χ1v) is 9.42. The van der Waals surface area contributed by atoms with E-state index in [9.17, 15) is 4.79 Å². The molecule has 3 unspecified atom stereocenters. The van der Waals surface area contributed by atoms with Crippen LogP contribution in [0.4, 0.5) is 0 Å². The van der Waals surface area contributed by atoms with Crippen molar-refractivity contribution in [1.82, 2.24) is 20.4 Å². The molecule has 0 bridgehead atoms. The first kappa shape index (κ1) is 18.9. The molecule has 2 heterocycles. The average molecular weight is 375 g/mol. The molecule has 3 atom stereocenters. The van der Waals surface area contributed by atoms with Crippen molar-refractivity contribution in [1.29, 1.82) is 0 Å². The molecule has 1 aliphatic heterocycles. The smallest absolute Gasteiger partial charge is 0.237 e. The van der Waals surface area contributed by atoms with E-state index in [0.717, 1.165) is 24.1 Å². The number of carbonyl (C=O) groups is 1. The number of fused-ring (bicyclic) bond motifs is 1. The van der Waals surface area contributed by atoms with Crippen molar-refractivity contribution < 1.29 is 4.79 Å². The molecule has 26 heavy (non-hydrogen) atoms. The molecule has 2 aromatic rings. The number of aromatic nitrogens is 2. The molecule has 1 aromatic carbocycles. The molecule has 0 spiro atoms. The van der Waals surface area contributed by atoms with E-state index in [-0.39, 0.29) is 24.4 Å². The first-order chi connectivity index (χ1) is 12.3. The van der Waals surface area contributed by atoms with Gasteiger partial charge in [0.05, 0.1) is 17.9 Å². The highest BCUT2D eigenvalue weighted by Crippen LogP contribution is 2.33. The molecule has 5 nitrogen and oxygen atoms in total. The van der Waals surface area contributed by atoms with E-state index in [1.54, 1.807) is 0 Å². The van der Waals surface area contributed by atoms with Gasteiger partial charge in [-0.15, -0.1) is 12.4 Å². The fourth-order valence-corrected chi connectivity index (χ4v) is 4.19. The van der Waals surface area contributed by atoms with Crippen LogP contribution in [0.15, 0.2) is 42.7 Å². The number of para-hydroxylation sites is 1. The molecule has 2 aliphatic rings. The van der Waals surface area contributed by atoms with E-state index in [1.807, 2.05) is 47.4 Å². The third kappa shape index (κ3) is 4.27. The minimum absolute atomic E-state index is 0. The van der Waals surface area contributed by atoms with E-state index < -0.39 is 0 Å². The normalized spacial score (nSPS) is 24.5. The van der Waals surface area contributed by atoms with Gasteiger partial charge in [-0.2, -0.15) is 5.10 Å². The molecule has 4 rings (SSSR count). The van der Waals surface area contributed by atoms with Crippen LogP contribution < -0.4 is 10.6 Å². The van der Waals surface area contributed by atoms with Crippen LogP contribution in [0.1, 0.15) is 37.7 Å². The summed E-state index contributed by atoms with van der Waals surface area (Å²) in [5.41, 5.74) is 2.19. The third-order valence-electron chi connectivity index (χ3n) is 5.55. The second-order valence-corrected chi connectivity index (χ2v) is 7.28. The zero-order valence-corrected chi connectivity index (χ0v) is 15.8. The monoisotopic (exact) mass is 374 g/mol. The topological polar surface area (TPSA) is 59.0 Å². The number of rotatable bonds is 5. The van der Waals surface area contributed by atoms with Crippen LogP contribution in [-0.4, -0.2) is 34.3 Å². The van der Waals surface area contributed by atoms with Gasteiger partial charge in [0.1, 0.15) is 0 Å². The fraction of sp³-hybridized carbons (Fsp3) is 0.500. The van der Waals surface area contributed by atoms with E-state index in [4.69, 9.17) is 0 Å². The lowest BCUT2D eigenvalue weighted by Gasteiger charge is -2.24. The maximum atomic E-state index is 12.4. The van der Waals surface area contributed by atoms with Gasteiger partial charge >= 0.3 is 0 Å². The Kier molecular flexibility index (Phi) is 6.33. The van der Waals surface area contributed by atoms with Gasteiger partial charge in [-0.25, -0.2) is 4.68 Å². The van der Waals surface area contributed by atoms with Crippen molar-refractivity contribution in [3.8, 4) is 5.69 Å². The maximum absolute atomic E-state index is 12.4. The quantitative estimate of drug-likeness (QED) is 0.846. The molecule has 1 aliphatic carbocycles. The van der Waals surface area contributed by atoms with Crippen molar-refractivity contribution in [2.24, 2.45) is 5.92 Å². The summed E-state index contributed by atoms with van der Waals surface area (Å²) in [6.07, 6.45) is 10.8. The minimum atomic E-state index is 0. The van der Waals surface area contributed by atoms with Crippen LogP contribution in [0.3, 0.4) is 0 Å². The Morgan fingerprint density at radius 3 is 2.85 bits per heavy atom. The number of hydrogen-bond acceptors (Lipinski definition) is 3. The molecule has 140 valence electrons. The number of halogens is 1. The van der Waals surface area contributed by atoms with Crippen LogP contribution in [0.2, 0.25) is 0 Å². The van der Waals surface area contributed by atoms with Crippen LogP contribution in [0.25, 0.3) is 5.69 Å². The highest BCUT2D eigenvalue weighted by Gasteiger charge is 2.37. The van der Waals surface area contributed by atoms with E-state index >= 15 is 0 Å². The van der Waals surface area contributed by atoms with Gasteiger partial charge in [-0.05, 0) is 49.3 Å². The molecule has 1 saturated carbocycles. The van der Waals surface area contributed by atoms with Gasteiger partial charge in [0.15, 0.2) is 0 Å². The predicted octanol–water partition coefficient (Wildman–Crippen LogP) is 2.87. The van der Waals surface area contributed by atoms with Gasteiger partial charge < -0.3 is 10.6 Å². The Morgan fingerprint density at radius 1 is 1.23 bits per heavy atom. The van der Waals surface area contributed by atoms with Crippen molar-refractivity contribution in [3.05, 3.63) is 48.3 Å². The average Bonchev–Trinajstić information content (AvgIpc) is 3.29. The van der Waals surface area contributed by atoms with Crippen LogP contribution in [-0.2, 0) is 11.2 Å². The molecular formula is C20H27ClN4O. The van der Waals surface area contributed by atoms with Gasteiger partial charge in [0.2, 0.25) is 5.91 Å². The Hall–Kier alpha value is -1.85. The fourth-order valence-electron chi connectivity index (χ4n) is 4.19. The Morgan fingerprint density at radius 2 is 2.04 bits per heavy atom. The van der Waals surface area contributed by atoms with Crippen LogP contribution >= 0.6 is 12.4 Å². The number of hydrogen-bond donors (Lipinski definition) is 2. The summed E-state index contributed by atoms with van der Waals surface area (Å²) < 4.78 is 1.88. The number of nitrogens with zero attached hydrogens (tertiary/aromatic N) is 2. The molecule has 2 N–H and O–H groups in total. The Labute approximate surface area is 161 Å². The van der Waals surface area contributed by atoms with Gasteiger partial charge in [-0.3, -0.25) is 4.79 Å². The maximum Gasteiger partial charge on any atom is 0.237 e. The molecule has 2 fully saturated rings. The molecule has 6 heteroatoms. The zero-order chi connectivity index (χ0) is 17.1. The van der Waals surface area contributed by atoms with E-state index in [2.05, 4.69) is 15.7 Å². The lowest BCUT2D eigenvalue weighted by atomic mass is 9.85. The summed E-state index contributed by atoms with van der Waals surface area (Å²) in [5.74, 6) is 0.860. The van der Waals surface area contributed by atoms with Gasteiger partial charge in [0, 0.05) is 18.8 Å². The highest BCUT2D eigenvalue weighted by molar-refractivity contribution is 5.85. The van der Waals surface area contributed by atoms with Crippen LogP contribution in [0, 0.1) is 5.92 Å². The number of amides is 1. The second kappa shape index (κ2) is 8.69. The van der Waals surface area contributed by atoms with E-state index in [0.29, 0.717) is 18.5 Å². The molecule has 0 radical (unpaired) electrons. The van der Waals surface area contributed by atoms with Crippen molar-refractivity contribution >= 4 is 18.3 Å². The number of nitrogens with one attached hydrogen (secondary N) is 2.